The summed E-state index contributed by atoms with van der Waals surface area (Å²) in [7, 11) is 1.61. The van der Waals surface area contributed by atoms with E-state index in [-0.39, 0.29) is 23.8 Å². The maximum atomic E-state index is 13.1. The molecule has 2 amide bonds. The molecule has 0 aliphatic carbocycles. The van der Waals surface area contributed by atoms with E-state index in [2.05, 4.69) is 16.1 Å². The van der Waals surface area contributed by atoms with Crippen LogP contribution in [0.3, 0.4) is 0 Å². The Morgan fingerprint density at radius 1 is 1.15 bits per heavy atom. The van der Waals surface area contributed by atoms with E-state index in [9.17, 15) is 9.59 Å². The number of anilines is 2. The molecule has 168 valence electrons. The van der Waals surface area contributed by atoms with Crippen LogP contribution in [0.4, 0.5) is 11.4 Å². The molecule has 7 nitrogen and oxygen atoms in total. The number of nitrogens with one attached hydrogen (secondary N) is 3. The number of methoxy groups -OCH3 is 1. The first-order valence-corrected chi connectivity index (χ1v) is 11.1. The highest BCUT2D eigenvalue weighted by Gasteiger charge is 2.44. The molecule has 2 unspecified atom stereocenters. The van der Waals surface area contributed by atoms with Gasteiger partial charge in [-0.2, -0.15) is 0 Å². The predicted molar refractivity (Wildman–Crippen MR) is 127 cm³/mol. The number of carbonyl (C=O) groups excluding carboxylic acids is 2. The fourth-order valence-electron chi connectivity index (χ4n) is 4.35. The van der Waals surface area contributed by atoms with Crippen molar-refractivity contribution in [2.24, 2.45) is 5.92 Å². The van der Waals surface area contributed by atoms with Gasteiger partial charge >= 0.3 is 0 Å². The predicted octanol–water partition coefficient (Wildman–Crippen LogP) is 3.91. The van der Waals surface area contributed by atoms with E-state index in [1.165, 1.54) is 0 Å². The van der Waals surface area contributed by atoms with Gasteiger partial charge in [0.15, 0.2) is 0 Å². The molecule has 0 saturated carbocycles. The maximum Gasteiger partial charge on any atom is 0.251 e. The third kappa shape index (κ3) is 4.01. The standard InChI is InChI=1S/C25H23ClN4O3/c1-33-22-5-3-2-4-16(22)13-28-24(31)15-6-11-21-19(12-15)23-20(14-27-21)25(32)30(29-23)18-9-7-17(26)8-10-18/h2-12,20,23,27,29H,13-14H2,1H3,(H,28,31). The molecule has 8 heteroatoms. The van der Waals surface area contributed by atoms with Gasteiger partial charge in [-0.1, -0.05) is 29.8 Å². The zero-order valence-electron chi connectivity index (χ0n) is 18.0. The molecule has 1 saturated heterocycles. The van der Waals surface area contributed by atoms with Crippen LogP contribution in [0, 0.1) is 5.92 Å². The minimum atomic E-state index is -0.278. The monoisotopic (exact) mass is 462 g/mol. The van der Waals surface area contributed by atoms with Gasteiger partial charge in [-0.25, -0.2) is 10.4 Å². The third-order valence-corrected chi connectivity index (χ3v) is 6.34. The Morgan fingerprint density at radius 3 is 2.73 bits per heavy atom. The number of hydrazine groups is 1. The molecule has 0 aromatic heterocycles. The van der Waals surface area contributed by atoms with Crippen LogP contribution in [0.25, 0.3) is 0 Å². The number of amides is 2. The van der Waals surface area contributed by atoms with Crippen molar-refractivity contribution in [2.45, 2.75) is 12.6 Å². The number of hydrogen-bond acceptors (Lipinski definition) is 5. The van der Waals surface area contributed by atoms with Crippen molar-refractivity contribution in [3.63, 3.8) is 0 Å². The molecular weight excluding hydrogens is 440 g/mol. The van der Waals surface area contributed by atoms with Gasteiger partial charge in [-0.05, 0) is 54.1 Å². The van der Waals surface area contributed by atoms with Gasteiger partial charge in [0.2, 0.25) is 5.91 Å². The topological polar surface area (TPSA) is 82.7 Å². The van der Waals surface area contributed by atoms with Crippen molar-refractivity contribution in [3.8, 4) is 5.75 Å². The van der Waals surface area contributed by atoms with E-state index in [0.29, 0.717) is 23.7 Å². The zero-order valence-corrected chi connectivity index (χ0v) is 18.7. The zero-order chi connectivity index (χ0) is 22.9. The highest BCUT2D eigenvalue weighted by atomic mass is 35.5. The number of rotatable bonds is 5. The fraction of sp³-hybridized carbons (Fsp3) is 0.200. The number of benzene rings is 3. The molecule has 2 aliphatic heterocycles. The molecule has 2 aliphatic rings. The van der Waals surface area contributed by atoms with Gasteiger partial charge in [-0.3, -0.25) is 9.59 Å². The Kier molecular flexibility index (Phi) is 5.66. The summed E-state index contributed by atoms with van der Waals surface area (Å²) in [5, 5.41) is 8.46. The van der Waals surface area contributed by atoms with Crippen LogP contribution < -0.4 is 25.8 Å². The van der Waals surface area contributed by atoms with Gasteiger partial charge in [0.25, 0.3) is 5.91 Å². The summed E-state index contributed by atoms with van der Waals surface area (Å²) in [6.07, 6.45) is 0. The molecule has 0 bridgehead atoms. The third-order valence-electron chi connectivity index (χ3n) is 6.09. The van der Waals surface area contributed by atoms with E-state index < -0.39 is 0 Å². The van der Waals surface area contributed by atoms with Crippen LogP contribution in [0.1, 0.15) is 27.5 Å². The quantitative estimate of drug-likeness (QED) is 0.535. The second-order valence-electron chi connectivity index (χ2n) is 8.04. The first kappa shape index (κ1) is 21.3. The molecule has 2 heterocycles. The molecule has 2 atom stereocenters. The number of carbonyl (C=O) groups is 2. The fourth-order valence-corrected chi connectivity index (χ4v) is 4.48. The van der Waals surface area contributed by atoms with Crippen LogP contribution in [0.2, 0.25) is 5.02 Å². The summed E-state index contributed by atoms with van der Waals surface area (Å²) in [5.74, 6) is 0.238. The minimum Gasteiger partial charge on any atom is -0.496 e. The van der Waals surface area contributed by atoms with Gasteiger partial charge < -0.3 is 15.4 Å². The SMILES string of the molecule is COc1ccccc1CNC(=O)c1ccc2c(c1)C1NN(c3ccc(Cl)cc3)C(=O)C1CN2. The summed E-state index contributed by atoms with van der Waals surface area (Å²) in [6.45, 7) is 0.873. The number of nitrogens with zero attached hydrogens (tertiary/aromatic N) is 1. The lowest BCUT2D eigenvalue weighted by Crippen LogP contribution is -2.35. The lowest BCUT2D eigenvalue weighted by atomic mass is 9.88. The number of hydrogen-bond donors (Lipinski definition) is 3. The van der Waals surface area contributed by atoms with E-state index in [4.69, 9.17) is 16.3 Å². The van der Waals surface area contributed by atoms with Crippen molar-refractivity contribution < 1.29 is 14.3 Å². The van der Waals surface area contributed by atoms with E-state index in [1.54, 1.807) is 42.5 Å². The molecule has 5 rings (SSSR count). The van der Waals surface area contributed by atoms with E-state index in [1.807, 2.05) is 36.4 Å². The molecule has 3 aromatic rings. The summed E-state index contributed by atoms with van der Waals surface area (Å²) in [5.41, 5.74) is 7.29. The van der Waals surface area contributed by atoms with Crippen molar-refractivity contribution in [1.29, 1.82) is 0 Å². The Balaban J connectivity index is 1.36. The maximum absolute atomic E-state index is 13.1. The Morgan fingerprint density at radius 2 is 1.94 bits per heavy atom. The highest BCUT2D eigenvalue weighted by Crippen LogP contribution is 2.40. The average Bonchev–Trinajstić information content (AvgIpc) is 3.19. The normalized spacial score (nSPS) is 18.8. The van der Waals surface area contributed by atoms with Crippen molar-refractivity contribution >= 4 is 34.8 Å². The molecular formula is C25H23ClN4O3. The second-order valence-corrected chi connectivity index (χ2v) is 8.48. The van der Waals surface area contributed by atoms with E-state index in [0.717, 1.165) is 28.3 Å². The van der Waals surface area contributed by atoms with Crippen molar-refractivity contribution in [2.75, 3.05) is 24.0 Å². The summed E-state index contributed by atoms with van der Waals surface area (Å²) in [4.78, 5) is 26.0. The van der Waals surface area contributed by atoms with Crippen molar-refractivity contribution in [1.82, 2.24) is 10.7 Å². The number of ether oxygens (including phenoxy) is 1. The highest BCUT2D eigenvalue weighted by molar-refractivity contribution is 6.30. The van der Waals surface area contributed by atoms with Gasteiger partial charge in [0.05, 0.1) is 24.8 Å². The number of para-hydroxylation sites is 1. The molecule has 0 radical (unpaired) electrons. The van der Waals surface area contributed by atoms with Crippen LogP contribution in [-0.4, -0.2) is 25.5 Å². The summed E-state index contributed by atoms with van der Waals surface area (Å²) < 4.78 is 5.36. The minimum absolute atomic E-state index is 0.0218. The molecule has 3 N–H and O–H groups in total. The number of halogens is 1. The summed E-state index contributed by atoms with van der Waals surface area (Å²) >= 11 is 5.99. The number of fused-ring (bicyclic) bond motifs is 3. The lowest BCUT2D eigenvalue weighted by Gasteiger charge is -2.27. The Hall–Kier alpha value is -3.55. The molecule has 3 aromatic carbocycles. The van der Waals surface area contributed by atoms with E-state index >= 15 is 0 Å². The smallest absolute Gasteiger partial charge is 0.251 e. The molecule has 33 heavy (non-hydrogen) atoms. The van der Waals surface area contributed by atoms with Gasteiger partial charge in [0.1, 0.15) is 5.75 Å². The summed E-state index contributed by atoms with van der Waals surface area (Å²) in [6, 6.07) is 20.0. The Labute approximate surface area is 196 Å². The van der Waals surface area contributed by atoms with Gasteiger partial charge in [-0.15, -0.1) is 0 Å². The molecule has 1 fully saturated rings. The van der Waals surface area contributed by atoms with Crippen molar-refractivity contribution in [3.05, 3.63) is 88.4 Å². The second kappa shape index (κ2) is 8.77. The van der Waals surface area contributed by atoms with Crippen LogP contribution in [0.15, 0.2) is 66.7 Å². The van der Waals surface area contributed by atoms with Crippen LogP contribution in [0.5, 0.6) is 5.75 Å². The molecule has 0 spiro atoms. The average molecular weight is 463 g/mol. The van der Waals surface area contributed by atoms with Crippen LogP contribution in [-0.2, 0) is 11.3 Å². The first-order valence-electron chi connectivity index (χ1n) is 10.7. The lowest BCUT2D eigenvalue weighted by molar-refractivity contribution is -0.120. The Bertz CT molecular complexity index is 1210. The van der Waals surface area contributed by atoms with Gasteiger partial charge in [0, 0.05) is 34.9 Å². The first-order chi connectivity index (χ1) is 16.0. The van der Waals surface area contributed by atoms with Crippen LogP contribution >= 0.6 is 11.6 Å². The largest absolute Gasteiger partial charge is 0.496 e.